The number of carboxylic acid groups (broad SMARTS) is 1. The monoisotopic (exact) mass is 365 g/mol. The number of aromatic nitrogens is 2. The quantitative estimate of drug-likeness (QED) is 0.771. The Bertz CT molecular complexity index is 834. The third kappa shape index (κ3) is 4.11. The van der Waals surface area contributed by atoms with Crippen LogP contribution in [0.4, 0.5) is 4.39 Å². The van der Waals surface area contributed by atoms with Crippen molar-refractivity contribution in [1.82, 2.24) is 15.1 Å². The first-order valence-corrected chi connectivity index (χ1v) is 7.73. The van der Waals surface area contributed by atoms with Crippen molar-refractivity contribution in [3.63, 3.8) is 0 Å². The number of rotatable bonds is 7. The van der Waals surface area contributed by atoms with Crippen LogP contribution in [0, 0.1) is 19.7 Å². The molecule has 9 heteroatoms. The van der Waals surface area contributed by atoms with Crippen LogP contribution in [0.5, 0.6) is 11.5 Å². The minimum Gasteiger partial charge on any atom is -0.494 e. The van der Waals surface area contributed by atoms with E-state index >= 15 is 0 Å². The van der Waals surface area contributed by atoms with Gasteiger partial charge < -0.3 is 19.9 Å². The number of halogens is 1. The van der Waals surface area contributed by atoms with Crippen LogP contribution in [0.3, 0.4) is 0 Å². The third-order valence-corrected chi connectivity index (χ3v) is 3.85. The Morgan fingerprint density at radius 3 is 2.58 bits per heavy atom. The van der Waals surface area contributed by atoms with Crippen LogP contribution in [0.2, 0.25) is 0 Å². The van der Waals surface area contributed by atoms with E-state index in [1.54, 1.807) is 25.6 Å². The van der Waals surface area contributed by atoms with Gasteiger partial charge in [0.25, 0.3) is 5.91 Å². The summed E-state index contributed by atoms with van der Waals surface area (Å²) in [5.74, 6) is -2.25. The predicted molar refractivity (Wildman–Crippen MR) is 89.6 cm³/mol. The van der Waals surface area contributed by atoms with E-state index in [1.807, 2.05) is 0 Å². The first-order chi connectivity index (χ1) is 12.2. The standard InChI is InChI=1S/C17H20FN3O5/c1-9-16(10(2)21(3)20-9)26-8-14(22)19-15(17(23)24)11-5-6-13(25-4)12(18)7-11/h5-7,15H,8H2,1-4H3,(H,19,22)(H,23,24). The highest BCUT2D eigenvalue weighted by molar-refractivity contribution is 5.85. The number of aryl methyl sites for hydroxylation is 2. The van der Waals surface area contributed by atoms with Crippen LogP contribution in [0.15, 0.2) is 18.2 Å². The van der Waals surface area contributed by atoms with E-state index in [9.17, 15) is 19.1 Å². The number of nitrogens with one attached hydrogen (secondary N) is 1. The number of carbonyl (C=O) groups excluding carboxylic acids is 1. The average molecular weight is 365 g/mol. The molecule has 26 heavy (non-hydrogen) atoms. The summed E-state index contributed by atoms with van der Waals surface area (Å²) >= 11 is 0. The lowest BCUT2D eigenvalue weighted by atomic mass is 10.1. The fraction of sp³-hybridized carbons (Fsp3) is 0.353. The second-order valence-corrected chi connectivity index (χ2v) is 5.64. The summed E-state index contributed by atoms with van der Waals surface area (Å²) in [5.41, 5.74) is 1.44. The molecule has 0 aliphatic carbocycles. The molecule has 140 valence electrons. The second kappa shape index (κ2) is 7.85. The molecule has 8 nitrogen and oxygen atoms in total. The molecule has 1 atom stereocenters. The van der Waals surface area contributed by atoms with Gasteiger partial charge >= 0.3 is 5.97 Å². The van der Waals surface area contributed by atoms with Crippen LogP contribution in [0.25, 0.3) is 0 Å². The summed E-state index contributed by atoms with van der Waals surface area (Å²) in [4.78, 5) is 23.6. The normalized spacial score (nSPS) is 11.7. The molecule has 1 aromatic heterocycles. The molecule has 0 saturated carbocycles. The number of hydrogen-bond acceptors (Lipinski definition) is 5. The fourth-order valence-electron chi connectivity index (χ4n) is 2.45. The molecular weight excluding hydrogens is 345 g/mol. The number of carboxylic acids is 1. The molecule has 2 aromatic rings. The van der Waals surface area contributed by atoms with Crippen LogP contribution < -0.4 is 14.8 Å². The maximum absolute atomic E-state index is 13.8. The van der Waals surface area contributed by atoms with Crippen molar-refractivity contribution in [2.75, 3.05) is 13.7 Å². The molecule has 0 aliphatic rings. The lowest BCUT2D eigenvalue weighted by Crippen LogP contribution is -2.36. The molecule has 0 aliphatic heterocycles. The van der Waals surface area contributed by atoms with E-state index in [0.717, 1.165) is 11.8 Å². The van der Waals surface area contributed by atoms with Gasteiger partial charge in [-0.05, 0) is 31.5 Å². The molecule has 1 amide bonds. The van der Waals surface area contributed by atoms with Gasteiger partial charge in [0, 0.05) is 7.05 Å². The molecule has 0 spiro atoms. The first kappa shape index (κ1) is 19.2. The molecular formula is C17H20FN3O5. The summed E-state index contributed by atoms with van der Waals surface area (Å²) in [6.07, 6.45) is 0. The van der Waals surface area contributed by atoms with E-state index in [4.69, 9.17) is 9.47 Å². The smallest absolute Gasteiger partial charge is 0.330 e. The minimum atomic E-state index is -1.41. The lowest BCUT2D eigenvalue weighted by molar-refractivity contribution is -0.142. The van der Waals surface area contributed by atoms with Crippen molar-refractivity contribution in [2.45, 2.75) is 19.9 Å². The Balaban J connectivity index is 2.08. The van der Waals surface area contributed by atoms with Crippen molar-refractivity contribution in [1.29, 1.82) is 0 Å². The number of methoxy groups -OCH3 is 1. The zero-order valence-corrected chi connectivity index (χ0v) is 14.9. The third-order valence-electron chi connectivity index (χ3n) is 3.85. The second-order valence-electron chi connectivity index (χ2n) is 5.64. The van der Waals surface area contributed by atoms with Gasteiger partial charge in [-0.3, -0.25) is 9.48 Å². The van der Waals surface area contributed by atoms with E-state index in [1.165, 1.54) is 19.2 Å². The summed E-state index contributed by atoms with van der Waals surface area (Å²) < 4.78 is 25.7. The van der Waals surface area contributed by atoms with Crippen molar-refractivity contribution >= 4 is 11.9 Å². The van der Waals surface area contributed by atoms with Crippen molar-refractivity contribution in [3.8, 4) is 11.5 Å². The Morgan fingerprint density at radius 1 is 1.38 bits per heavy atom. The van der Waals surface area contributed by atoms with Gasteiger partial charge in [-0.15, -0.1) is 0 Å². The fourth-order valence-corrected chi connectivity index (χ4v) is 2.45. The van der Waals surface area contributed by atoms with Crippen LogP contribution in [-0.2, 0) is 16.6 Å². The Hall–Kier alpha value is -3.10. The van der Waals surface area contributed by atoms with Crippen LogP contribution in [0.1, 0.15) is 23.0 Å². The molecule has 0 saturated heterocycles. The summed E-state index contributed by atoms with van der Waals surface area (Å²) in [6.45, 7) is 3.13. The van der Waals surface area contributed by atoms with E-state index in [0.29, 0.717) is 11.4 Å². The number of benzene rings is 1. The molecule has 0 fully saturated rings. The number of carbonyl (C=O) groups is 2. The van der Waals surface area contributed by atoms with Gasteiger partial charge in [0.05, 0.1) is 12.8 Å². The average Bonchev–Trinajstić information content (AvgIpc) is 2.82. The van der Waals surface area contributed by atoms with Gasteiger partial charge in [-0.25, -0.2) is 9.18 Å². The van der Waals surface area contributed by atoms with E-state index in [2.05, 4.69) is 10.4 Å². The highest BCUT2D eigenvalue weighted by Gasteiger charge is 2.24. The maximum Gasteiger partial charge on any atom is 0.330 e. The number of ether oxygens (including phenoxy) is 2. The van der Waals surface area contributed by atoms with Crippen molar-refractivity contribution in [3.05, 3.63) is 41.0 Å². The lowest BCUT2D eigenvalue weighted by Gasteiger charge is -2.16. The molecule has 0 radical (unpaired) electrons. The molecule has 2 rings (SSSR count). The topological polar surface area (TPSA) is 103 Å². The van der Waals surface area contributed by atoms with Crippen molar-refractivity contribution < 1.29 is 28.6 Å². The first-order valence-electron chi connectivity index (χ1n) is 7.73. The van der Waals surface area contributed by atoms with Gasteiger partial charge in [0.15, 0.2) is 30.0 Å². The highest BCUT2D eigenvalue weighted by atomic mass is 19.1. The number of nitrogens with zero attached hydrogens (tertiary/aromatic N) is 2. The number of amides is 1. The Labute approximate surface area is 149 Å². The zero-order chi connectivity index (χ0) is 19.4. The summed E-state index contributed by atoms with van der Waals surface area (Å²) in [6, 6.07) is 2.26. The maximum atomic E-state index is 13.8. The van der Waals surface area contributed by atoms with Gasteiger partial charge in [-0.2, -0.15) is 5.10 Å². The molecule has 1 unspecified atom stereocenters. The van der Waals surface area contributed by atoms with Gasteiger partial charge in [0.1, 0.15) is 5.69 Å². The Morgan fingerprint density at radius 2 is 2.08 bits per heavy atom. The molecule has 1 heterocycles. The number of hydrogen-bond donors (Lipinski definition) is 2. The summed E-state index contributed by atoms with van der Waals surface area (Å²) in [5, 5.41) is 15.8. The summed E-state index contributed by atoms with van der Waals surface area (Å²) in [7, 11) is 3.04. The highest BCUT2D eigenvalue weighted by Crippen LogP contribution is 2.23. The molecule has 2 N–H and O–H groups in total. The van der Waals surface area contributed by atoms with Crippen LogP contribution in [-0.4, -0.2) is 40.5 Å². The molecule has 0 bridgehead atoms. The predicted octanol–water partition coefficient (Wildman–Crippen LogP) is 1.51. The zero-order valence-electron chi connectivity index (χ0n) is 14.9. The van der Waals surface area contributed by atoms with Crippen LogP contribution >= 0.6 is 0 Å². The van der Waals surface area contributed by atoms with E-state index < -0.39 is 30.3 Å². The molecule has 1 aromatic carbocycles. The SMILES string of the molecule is COc1ccc(C(NC(=O)COc2c(C)nn(C)c2C)C(=O)O)cc1F. The number of aliphatic carboxylic acids is 1. The van der Waals surface area contributed by atoms with Gasteiger partial charge in [-0.1, -0.05) is 6.07 Å². The minimum absolute atomic E-state index is 0.0184. The van der Waals surface area contributed by atoms with Gasteiger partial charge in [0.2, 0.25) is 0 Å². The van der Waals surface area contributed by atoms with E-state index in [-0.39, 0.29) is 11.3 Å². The largest absolute Gasteiger partial charge is 0.494 e. The van der Waals surface area contributed by atoms with Crippen molar-refractivity contribution in [2.24, 2.45) is 7.05 Å². The Kier molecular flexibility index (Phi) is 5.81.